The van der Waals surface area contributed by atoms with E-state index in [4.69, 9.17) is 100 Å². The zero-order chi connectivity index (χ0) is 74.8. The summed E-state index contributed by atoms with van der Waals surface area (Å²) < 4.78 is 25.9. The van der Waals surface area contributed by atoms with Crippen molar-refractivity contribution in [3.63, 3.8) is 0 Å². The van der Waals surface area contributed by atoms with Crippen LogP contribution in [-0.2, 0) is 64.1 Å². The Labute approximate surface area is 621 Å². The molecule has 0 bridgehead atoms. The highest BCUT2D eigenvalue weighted by Gasteiger charge is 2.42. The van der Waals surface area contributed by atoms with Gasteiger partial charge in [0.05, 0.1) is 87.6 Å². The molecule has 0 spiro atoms. The van der Waals surface area contributed by atoms with Crippen LogP contribution in [0, 0.1) is 5.92 Å². The molecule has 552 valence electrons. The van der Waals surface area contributed by atoms with Gasteiger partial charge in [-0.1, -0.05) is 125 Å². The average molecular weight is 1530 g/mol. The van der Waals surface area contributed by atoms with Gasteiger partial charge in [-0.2, -0.15) is 15.3 Å². The van der Waals surface area contributed by atoms with Gasteiger partial charge in [-0.15, -0.1) is 0 Å². The predicted molar refractivity (Wildman–Crippen MR) is 392 cm³/mol. The third kappa shape index (κ3) is 19.6. The first-order valence-electron chi connectivity index (χ1n) is 32.8. The van der Waals surface area contributed by atoms with Crippen molar-refractivity contribution in [3.05, 3.63) is 103 Å². The summed E-state index contributed by atoms with van der Waals surface area (Å²) in [6.07, 6.45) is 3.86. The van der Waals surface area contributed by atoms with E-state index in [1.54, 1.807) is 135 Å². The number of guanidine groups is 1. The smallest absolute Gasteiger partial charge is 0.410 e. The molecule has 3 unspecified atom stereocenters. The Bertz CT molecular complexity index is 4070. The first kappa shape index (κ1) is 79.3. The van der Waals surface area contributed by atoms with Crippen LogP contribution < -0.4 is 31.5 Å². The molecule has 6 heterocycles. The number of halogens is 6. The normalized spacial score (nSPS) is 17.6. The Morgan fingerprint density at radius 3 is 1.25 bits per heavy atom. The van der Waals surface area contributed by atoms with Gasteiger partial charge < -0.3 is 70.2 Å². The van der Waals surface area contributed by atoms with E-state index in [-0.39, 0.29) is 49.9 Å². The molecular formula is C68H86Cl6N16O12. The molecule has 3 aromatic carbocycles. The highest BCUT2D eigenvalue weighted by molar-refractivity contribution is 6.45. The Hall–Kier alpha value is -8.41. The van der Waals surface area contributed by atoms with Gasteiger partial charge in [0.2, 0.25) is 11.8 Å². The van der Waals surface area contributed by atoms with Gasteiger partial charge in [0, 0.05) is 95.3 Å². The number of aromatic nitrogens is 6. The number of amides is 4. The number of hydrogen-bond donors (Lipinski definition) is 4. The molecule has 10 rings (SSSR count). The van der Waals surface area contributed by atoms with Crippen molar-refractivity contribution in [2.75, 3.05) is 94.4 Å². The molecule has 6 aromatic rings. The van der Waals surface area contributed by atoms with E-state index in [1.807, 2.05) is 34.1 Å². The summed E-state index contributed by atoms with van der Waals surface area (Å²) >= 11 is 37.5. The van der Waals surface area contributed by atoms with E-state index >= 15 is 0 Å². The number of anilines is 3. The molecule has 3 aliphatic heterocycles. The van der Waals surface area contributed by atoms with Crippen LogP contribution in [0.1, 0.15) is 73.6 Å². The molecular weight excluding hydrogens is 1450 g/mol. The first-order valence-corrected chi connectivity index (χ1v) is 35.1. The molecule has 102 heavy (non-hydrogen) atoms. The minimum atomic E-state index is -1.04. The summed E-state index contributed by atoms with van der Waals surface area (Å²) in [5, 5.41) is 28.6. The lowest BCUT2D eigenvalue weighted by Gasteiger charge is -2.40. The van der Waals surface area contributed by atoms with Gasteiger partial charge >= 0.3 is 30.1 Å². The predicted octanol–water partition coefficient (Wildman–Crippen LogP) is 9.82. The van der Waals surface area contributed by atoms with Crippen LogP contribution in [-0.4, -0.2) is 212 Å². The summed E-state index contributed by atoms with van der Waals surface area (Å²) in [6.45, 7) is 12.8. The topological polar surface area (TPSA) is 326 Å². The Balaban J connectivity index is 0.000000197. The van der Waals surface area contributed by atoms with Crippen molar-refractivity contribution in [2.45, 2.75) is 109 Å². The lowest BCUT2D eigenvalue weighted by atomic mass is 9.83. The number of carboxylic acids is 1. The Morgan fingerprint density at radius 1 is 0.549 bits per heavy atom. The number of aliphatic carboxylic acids is 1. The van der Waals surface area contributed by atoms with Crippen molar-refractivity contribution in [3.8, 4) is 33.8 Å². The van der Waals surface area contributed by atoms with E-state index in [0.29, 0.717) is 121 Å². The average Bonchev–Trinajstić information content (AvgIpc) is 1.63. The second-order valence-corrected chi connectivity index (χ2v) is 29.0. The first-order chi connectivity index (χ1) is 48.1. The molecule has 0 radical (unpaired) electrons. The number of hydrogen-bond acceptors (Lipinski definition) is 18. The number of carboxylic acid groups (broad SMARTS) is 1. The van der Waals surface area contributed by atoms with Gasteiger partial charge in [-0.05, 0) is 78.5 Å². The number of esters is 2. The molecule has 4 atom stereocenters. The molecule has 1 saturated carbocycles. The summed E-state index contributed by atoms with van der Waals surface area (Å²) in [7, 11) is 7.91. The lowest BCUT2D eigenvalue weighted by Crippen LogP contribution is -2.60. The number of nitrogens with zero attached hydrogens (tertiary/aromatic N) is 13. The number of aliphatic imine (C=N–C) groups is 1. The number of rotatable bonds is 14. The number of carbonyl (C=O) groups excluding carboxylic acids is 6. The van der Waals surface area contributed by atoms with E-state index < -0.39 is 65.5 Å². The fraction of sp³-hybridized carbons (Fsp3) is 0.485. The molecule has 3 saturated heterocycles. The molecule has 1 aliphatic carbocycles. The largest absolute Gasteiger partial charge is 0.480 e. The van der Waals surface area contributed by atoms with Gasteiger partial charge in [0.25, 0.3) is 0 Å². The van der Waals surface area contributed by atoms with Gasteiger partial charge in [-0.3, -0.25) is 23.6 Å². The van der Waals surface area contributed by atoms with Crippen LogP contribution in [0.2, 0.25) is 30.1 Å². The molecule has 28 nitrogen and oxygen atoms in total. The summed E-state index contributed by atoms with van der Waals surface area (Å²) in [6, 6.07) is 18.2. The number of aryl methyl sites for hydroxylation is 3. The van der Waals surface area contributed by atoms with Crippen molar-refractivity contribution in [1.29, 1.82) is 0 Å². The molecule has 4 amide bonds. The second kappa shape index (κ2) is 34.3. The monoisotopic (exact) mass is 1530 g/mol. The van der Waals surface area contributed by atoms with E-state index in [0.717, 1.165) is 32.1 Å². The van der Waals surface area contributed by atoms with E-state index in [1.165, 1.54) is 24.0 Å². The fourth-order valence-corrected chi connectivity index (χ4v) is 13.5. The lowest BCUT2D eigenvalue weighted by molar-refractivity contribution is -0.145. The maximum Gasteiger partial charge on any atom is 0.410 e. The number of nitrogens with two attached hydrogens (primary N) is 2. The van der Waals surface area contributed by atoms with E-state index in [2.05, 4.69) is 25.6 Å². The highest BCUT2D eigenvalue weighted by atomic mass is 35.5. The molecule has 3 aromatic heterocycles. The number of piperazine rings is 3. The number of ether oxygens (including phenoxy) is 4. The van der Waals surface area contributed by atoms with Crippen molar-refractivity contribution in [2.24, 2.45) is 43.5 Å². The molecule has 4 fully saturated rings. The third-order valence-electron chi connectivity index (χ3n) is 17.2. The summed E-state index contributed by atoms with van der Waals surface area (Å²) in [4.78, 5) is 103. The van der Waals surface area contributed by atoms with Crippen molar-refractivity contribution in [1.82, 2.24) is 49.4 Å². The summed E-state index contributed by atoms with van der Waals surface area (Å²) in [5.74, 6) is -0.862. The van der Waals surface area contributed by atoms with Crippen LogP contribution >= 0.6 is 69.6 Å². The number of methoxy groups -OCH3 is 2. The maximum atomic E-state index is 13.2. The zero-order valence-electron chi connectivity index (χ0n) is 58.6. The van der Waals surface area contributed by atoms with E-state index in [9.17, 15) is 38.7 Å². The van der Waals surface area contributed by atoms with Gasteiger partial charge in [-0.25, -0.2) is 29.0 Å². The van der Waals surface area contributed by atoms with Crippen molar-refractivity contribution < 1.29 is 57.6 Å². The standard InChI is InChI=1S/C27H36Cl2N8O4.C21H26Cl2N4O4.C20H24Cl2N4O4/c1-35-21(13-19(34-35)17-9-6-10-18(28)23(17)29)37-12-11-36(15-20(37)26(40)41-2)22(38)14-32-25(39)24(33-27(30)31)16-7-4-3-5-8-16;1-21(2,3)31-20(29)26-9-10-27(16(12-26)19(28)30-5)17-11-15(24-25(17)4)13-7-6-8-14(22)18(13)23;1-20(2,3)30-19(29)25-8-9-26(15(11-25)18(27)28)16-10-14(23-24(16)4)12-6-5-7-13(21)17(12)22/h6,9-10,13,16,20,24H,3-5,7-8,11-12,14-15H2,1-2H3,(H,32,39)(H4,30,31,33);6-8,11,16H,9-10,12H2,1-5H3;5-7,10,15H,8-9,11H2,1-4H3,(H,27,28)/t20?,24-;;/m1../s1. The fourth-order valence-electron chi connectivity index (χ4n) is 12.3. The van der Waals surface area contributed by atoms with Crippen LogP contribution in [0.25, 0.3) is 33.8 Å². The molecule has 6 N–H and O–H groups in total. The van der Waals surface area contributed by atoms with Crippen LogP contribution in [0.4, 0.5) is 27.0 Å². The van der Waals surface area contributed by atoms with Gasteiger partial charge in [0.1, 0.15) is 52.8 Å². The number of nitrogens with one attached hydrogen (secondary N) is 1. The van der Waals surface area contributed by atoms with Crippen LogP contribution in [0.15, 0.2) is 77.8 Å². The Morgan fingerprint density at radius 2 is 0.902 bits per heavy atom. The minimum absolute atomic E-state index is 0.00266. The zero-order valence-corrected chi connectivity index (χ0v) is 63.1. The Kier molecular flexibility index (Phi) is 26.6. The van der Waals surface area contributed by atoms with Crippen LogP contribution in [0.5, 0.6) is 0 Å². The maximum absolute atomic E-state index is 13.2. The molecule has 4 aliphatic rings. The SMILES string of the molecule is COC(=O)C1CN(C(=O)CNC(=O)[C@H](N=C(N)N)C2CCCCC2)CCN1c1cc(-c2cccc(Cl)c2Cl)nn1C.COC(=O)C1CN(C(=O)OC(C)(C)C)CCN1c1cc(-c2cccc(Cl)c2Cl)nn1C.Cn1nc(-c2cccc(Cl)c2Cl)cc1N1CCN(C(=O)OC(C)(C)C)CC1C(=O)O. The van der Waals surface area contributed by atoms with Gasteiger partial charge in [0.15, 0.2) is 5.96 Å². The minimum Gasteiger partial charge on any atom is -0.480 e. The summed E-state index contributed by atoms with van der Waals surface area (Å²) in [5.41, 5.74) is 13.7. The van der Waals surface area contributed by atoms with Crippen molar-refractivity contribution >= 4 is 135 Å². The highest BCUT2D eigenvalue weighted by Crippen LogP contribution is 2.39. The quantitative estimate of drug-likeness (QED) is 0.0341. The second-order valence-electron chi connectivity index (χ2n) is 26.7. The third-order valence-corrected chi connectivity index (χ3v) is 19.7. The number of carbonyl (C=O) groups is 7. The molecule has 34 heteroatoms. The van der Waals surface area contributed by atoms with Crippen LogP contribution in [0.3, 0.4) is 0 Å². The number of benzene rings is 3.